The average Bonchev–Trinajstić information content (AvgIpc) is 3.24. The first kappa shape index (κ1) is 23.6. The fourth-order valence-electron chi connectivity index (χ4n) is 3.52. The summed E-state index contributed by atoms with van der Waals surface area (Å²) in [5.74, 6) is 0.839. The zero-order valence-corrected chi connectivity index (χ0v) is 19.7. The van der Waals surface area contributed by atoms with Crippen LogP contribution in [0.3, 0.4) is 0 Å². The zero-order valence-electron chi connectivity index (χ0n) is 17.4. The van der Waals surface area contributed by atoms with Gasteiger partial charge in [0.1, 0.15) is 0 Å². The molecule has 0 radical (unpaired) electrons. The Balaban J connectivity index is 0.00000300. The molecule has 0 bridgehead atoms. The number of aromatic nitrogens is 2. The maximum Gasteiger partial charge on any atom is 0.191 e. The van der Waals surface area contributed by atoms with Crippen molar-refractivity contribution in [3.8, 4) is 0 Å². The van der Waals surface area contributed by atoms with E-state index in [1.54, 1.807) is 0 Å². The van der Waals surface area contributed by atoms with Crippen LogP contribution in [0.2, 0.25) is 0 Å². The van der Waals surface area contributed by atoms with Crippen LogP contribution in [0.25, 0.3) is 0 Å². The highest BCUT2D eigenvalue weighted by atomic mass is 127. The van der Waals surface area contributed by atoms with Crippen molar-refractivity contribution in [2.75, 3.05) is 46.4 Å². The van der Waals surface area contributed by atoms with Crippen LogP contribution in [-0.4, -0.2) is 67.1 Å². The van der Waals surface area contributed by atoms with Gasteiger partial charge < -0.3 is 15.4 Å². The van der Waals surface area contributed by atoms with Gasteiger partial charge in [0, 0.05) is 52.2 Å². The third-order valence-electron chi connectivity index (χ3n) is 5.02. The minimum atomic E-state index is 0. The van der Waals surface area contributed by atoms with Crippen LogP contribution in [0.1, 0.15) is 23.6 Å². The molecule has 1 atom stereocenters. The van der Waals surface area contributed by atoms with E-state index in [2.05, 4.69) is 56.8 Å². The molecule has 1 aromatic heterocycles. The van der Waals surface area contributed by atoms with Gasteiger partial charge in [-0.3, -0.25) is 14.6 Å². The molecule has 0 saturated carbocycles. The molecule has 1 aliphatic heterocycles. The monoisotopic (exact) mass is 512 g/mol. The molecule has 160 valence electrons. The van der Waals surface area contributed by atoms with Crippen molar-refractivity contribution in [3.05, 3.63) is 53.9 Å². The summed E-state index contributed by atoms with van der Waals surface area (Å²) < 4.78 is 7.50. The van der Waals surface area contributed by atoms with Crippen LogP contribution in [-0.2, 0) is 11.3 Å². The smallest absolute Gasteiger partial charge is 0.191 e. The highest BCUT2D eigenvalue weighted by Gasteiger charge is 2.23. The molecule has 2 aromatic rings. The minimum Gasteiger partial charge on any atom is -0.379 e. The van der Waals surface area contributed by atoms with Gasteiger partial charge in [-0.1, -0.05) is 29.8 Å². The van der Waals surface area contributed by atoms with E-state index in [0.717, 1.165) is 58.3 Å². The van der Waals surface area contributed by atoms with E-state index in [1.807, 2.05) is 30.2 Å². The number of hydrogen-bond donors (Lipinski definition) is 2. The standard InChI is InChI=1S/C21H32N6O.HI/c1-18-6-3-7-19(16-18)20(26-12-14-28-15-13-26)17-24-21(22-2)23-8-4-10-27-11-5-9-25-27;/h3,5-7,9,11,16,20H,4,8,10,12-15,17H2,1-2H3,(H2,22,23,24);1H. The molecule has 3 rings (SSSR count). The number of rotatable bonds is 8. The van der Waals surface area contributed by atoms with Crippen molar-refractivity contribution in [2.45, 2.75) is 25.9 Å². The molecular formula is C21H33IN6O. The summed E-state index contributed by atoms with van der Waals surface area (Å²) in [5, 5.41) is 11.2. The largest absolute Gasteiger partial charge is 0.379 e. The lowest BCUT2D eigenvalue weighted by molar-refractivity contribution is 0.0170. The summed E-state index contributed by atoms with van der Waals surface area (Å²) in [5.41, 5.74) is 2.63. The predicted octanol–water partition coefficient (Wildman–Crippen LogP) is 2.44. The summed E-state index contributed by atoms with van der Waals surface area (Å²) >= 11 is 0. The summed E-state index contributed by atoms with van der Waals surface area (Å²) in [7, 11) is 1.82. The summed E-state index contributed by atoms with van der Waals surface area (Å²) in [4.78, 5) is 6.88. The molecule has 1 unspecified atom stereocenters. The van der Waals surface area contributed by atoms with Gasteiger partial charge in [-0.25, -0.2) is 0 Å². The second-order valence-corrected chi connectivity index (χ2v) is 7.08. The fraction of sp³-hybridized carbons (Fsp3) is 0.524. The lowest BCUT2D eigenvalue weighted by Crippen LogP contribution is -2.46. The second-order valence-electron chi connectivity index (χ2n) is 7.08. The number of ether oxygens (including phenoxy) is 1. The molecule has 2 heterocycles. The van der Waals surface area contributed by atoms with E-state index in [4.69, 9.17) is 4.74 Å². The summed E-state index contributed by atoms with van der Waals surface area (Å²) in [6.07, 6.45) is 4.79. The first-order valence-electron chi connectivity index (χ1n) is 10.1. The van der Waals surface area contributed by atoms with Crippen molar-refractivity contribution in [3.63, 3.8) is 0 Å². The number of aliphatic imine (C=N–C) groups is 1. The molecule has 2 N–H and O–H groups in total. The van der Waals surface area contributed by atoms with Crippen LogP contribution >= 0.6 is 24.0 Å². The van der Waals surface area contributed by atoms with Gasteiger partial charge in [0.2, 0.25) is 0 Å². The van der Waals surface area contributed by atoms with E-state index in [1.165, 1.54) is 11.1 Å². The van der Waals surface area contributed by atoms with Crippen LogP contribution < -0.4 is 10.6 Å². The Morgan fingerprint density at radius 1 is 1.24 bits per heavy atom. The van der Waals surface area contributed by atoms with Crippen molar-refractivity contribution >= 4 is 29.9 Å². The number of guanidine groups is 1. The fourth-order valence-corrected chi connectivity index (χ4v) is 3.52. The molecular weight excluding hydrogens is 479 g/mol. The van der Waals surface area contributed by atoms with Gasteiger partial charge in [0.25, 0.3) is 0 Å². The first-order valence-corrected chi connectivity index (χ1v) is 10.1. The molecule has 8 heteroatoms. The SMILES string of the molecule is CN=C(NCCCn1cccn1)NCC(c1cccc(C)c1)N1CCOCC1.I. The molecule has 0 aliphatic carbocycles. The Morgan fingerprint density at radius 3 is 2.76 bits per heavy atom. The Morgan fingerprint density at radius 2 is 2.07 bits per heavy atom. The molecule has 1 aliphatic rings. The van der Waals surface area contributed by atoms with Gasteiger partial charge in [0.15, 0.2) is 5.96 Å². The number of benzene rings is 1. The van der Waals surface area contributed by atoms with E-state index in [9.17, 15) is 0 Å². The number of nitrogens with zero attached hydrogens (tertiary/aromatic N) is 4. The number of morpholine rings is 1. The van der Waals surface area contributed by atoms with Crippen LogP contribution in [0.5, 0.6) is 0 Å². The molecule has 0 spiro atoms. The van der Waals surface area contributed by atoms with E-state index in [-0.39, 0.29) is 24.0 Å². The van der Waals surface area contributed by atoms with E-state index in [0.29, 0.717) is 6.04 Å². The van der Waals surface area contributed by atoms with E-state index >= 15 is 0 Å². The highest BCUT2D eigenvalue weighted by Crippen LogP contribution is 2.22. The maximum absolute atomic E-state index is 5.55. The van der Waals surface area contributed by atoms with Crippen molar-refractivity contribution in [1.29, 1.82) is 0 Å². The molecule has 1 aromatic carbocycles. The van der Waals surface area contributed by atoms with Crippen LogP contribution in [0, 0.1) is 6.92 Å². The normalized spacial score (nSPS) is 16.1. The Labute approximate surface area is 190 Å². The van der Waals surface area contributed by atoms with Crippen molar-refractivity contribution < 1.29 is 4.74 Å². The van der Waals surface area contributed by atoms with Crippen LogP contribution in [0.4, 0.5) is 0 Å². The lowest BCUT2D eigenvalue weighted by atomic mass is 10.0. The Hall–Kier alpha value is -1.65. The highest BCUT2D eigenvalue weighted by molar-refractivity contribution is 14.0. The zero-order chi connectivity index (χ0) is 19.6. The number of hydrogen-bond acceptors (Lipinski definition) is 4. The summed E-state index contributed by atoms with van der Waals surface area (Å²) in [6.45, 7) is 8.20. The van der Waals surface area contributed by atoms with Gasteiger partial charge >= 0.3 is 0 Å². The van der Waals surface area contributed by atoms with Gasteiger partial charge in [-0.05, 0) is 25.0 Å². The molecule has 1 fully saturated rings. The lowest BCUT2D eigenvalue weighted by Gasteiger charge is -2.35. The topological polar surface area (TPSA) is 66.7 Å². The van der Waals surface area contributed by atoms with Crippen molar-refractivity contribution in [2.24, 2.45) is 4.99 Å². The number of nitrogens with one attached hydrogen (secondary N) is 2. The maximum atomic E-state index is 5.55. The predicted molar refractivity (Wildman–Crippen MR) is 128 cm³/mol. The quantitative estimate of drug-likeness (QED) is 0.246. The minimum absolute atomic E-state index is 0. The molecule has 0 amide bonds. The Bertz CT molecular complexity index is 731. The number of aryl methyl sites for hydroxylation is 2. The van der Waals surface area contributed by atoms with Gasteiger partial charge in [-0.15, -0.1) is 24.0 Å². The molecule has 29 heavy (non-hydrogen) atoms. The Kier molecular flexibility index (Phi) is 10.4. The van der Waals surface area contributed by atoms with Gasteiger partial charge in [0.05, 0.1) is 19.3 Å². The second kappa shape index (κ2) is 12.8. The summed E-state index contributed by atoms with van der Waals surface area (Å²) in [6, 6.07) is 11.0. The third kappa shape index (κ3) is 7.60. The number of halogens is 1. The van der Waals surface area contributed by atoms with Gasteiger partial charge in [-0.2, -0.15) is 5.10 Å². The van der Waals surface area contributed by atoms with E-state index < -0.39 is 0 Å². The molecule has 1 saturated heterocycles. The first-order chi connectivity index (χ1) is 13.8. The van der Waals surface area contributed by atoms with Crippen LogP contribution in [0.15, 0.2) is 47.7 Å². The van der Waals surface area contributed by atoms with Crippen molar-refractivity contribution in [1.82, 2.24) is 25.3 Å². The molecule has 7 nitrogen and oxygen atoms in total. The third-order valence-corrected chi connectivity index (χ3v) is 5.02. The average molecular weight is 512 g/mol.